The van der Waals surface area contributed by atoms with Crippen molar-refractivity contribution in [2.24, 2.45) is 5.92 Å². The van der Waals surface area contributed by atoms with E-state index in [1.54, 1.807) is 11.6 Å². The predicted molar refractivity (Wildman–Crippen MR) is 75.4 cm³/mol. The average Bonchev–Trinajstić information content (AvgIpc) is 2.74. The fourth-order valence-electron chi connectivity index (χ4n) is 2.21. The molecule has 2 rings (SSSR count). The van der Waals surface area contributed by atoms with Crippen molar-refractivity contribution in [3.05, 3.63) is 33.3 Å². The van der Waals surface area contributed by atoms with Crippen LogP contribution < -0.4 is 0 Å². The molecule has 0 saturated carbocycles. The minimum atomic E-state index is -0.560. The van der Waals surface area contributed by atoms with Crippen LogP contribution in [0.1, 0.15) is 25.8 Å². The van der Waals surface area contributed by atoms with Crippen LogP contribution in [0, 0.1) is 16.0 Å². The molecule has 0 aliphatic rings. The zero-order valence-corrected chi connectivity index (χ0v) is 11.7. The molecule has 1 unspecified atom stereocenters. The molecule has 102 valence electrons. The lowest BCUT2D eigenvalue weighted by Gasteiger charge is -2.13. The molecule has 0 bridgehead atoms. The van der Waals surface area contributed by atoms with Gasteiger partial charge in [0, 0.05) is 12.0 Å². The topological polar surface area (TPSA) is 76.3 Å². The van der Waals surface area contributed by atoms with E-state index in [0.29, 0.717) is 29.8 Å². The van der Waals surface area contributed by atoms with Crippen molar-refractivity contribution < 1.29 is 10.0 Å². The number of thiazole rings is 1. The number of aliphatic hydroxyl groups excluding tert-OH is 1. The molecule has 0 aliphatic carbocycles. The average molecular weight is 280 g/mol. The maximum absolute atomic E-state index is 11.2. The lowest BCUT2D eigenvalue weighted by atomic mass is 9.98. The van der Waals surface area contributed by atoms with Gasteiger partial charge in [-0.2, -0.15) is 0 Å². The van der Waals surface area contributed by atoms with Gasteiger partial charge in [0.15, 0.2) is 5.52 Å². The second-order valence-corrected chi connectivity index (χ2v) is 5.90. The molecule has 1 aromatic heterocycles. The van der Waals surface area contributed by atoms with Crippen LogP contribution in [0.2, 0.25) is 0 Å². The molecule has 1 N–H and O–H groups in total. The monoisotopic (exact) mass is 280 g/mol. The normalized spacial score (nSPS) is 13.1. The van der Waals surface area contributed by atoms with Gasteiger partial charge in [-0.3, -0.25) is 10.1 Å². The fourth-order valence-corrected chi connectivity index (χ4v) is 2.89. The second kappa shape index (κ2) is 5.63. The van der Waals surface area contributed by atoms with Crippen molar-refractivity contribution in [1.29, 1.82) is 0 Å². The number of nitro benzene ring substituents is 1. The molecule has 19 heavy (non-hydrogen) atoms. The van der Waals surface area contributed by atoms with Gasteiger partial charge < -0.3 is 5.11 Å². The van der Waals surface area contributed by atoms with Crippen LogP contribution in [-0.4, -0.2) is 21.1 Å². The summed E-state index contributed by atoms with van der Waals surface area (Å²) >= 11 is 1.38. The van der Waals surface area contributed by atoms with Crippen LogP contribution in [0.25, 0.3) is 10.2 Å². The van der Waals surface area contributed by atoms with Gasteiger partial charge in [-0.05, 0) is 18.4 Å². The van der Waals surface area contributed by atoms with Gasteiger partial charge in [0.1, 0.15) is 0 Å². The molecule has 0 amide bonds. The maximum atomic E-state index is 11.2. The summed E-state index contributed by atoms with van der Waals surface area (Å²) in [6.45, 7) is 4.03. The first-order chi connectivity index (χ1) is 8.99. The Kier molecular flexibility index (Phi) is 4.11. The standard InChI is InChI=1S/C13H16N2O3S/c1-8(2)5-10(16)6-9-3-4-11-12(14-7-19-11)13(9)15(17)18/h3-4,7-8,10,16H,5-6H2,1-2H3. The number of nitrogens with zero attached hydrogens (tertiary/aromatic N) is 2. The first kappa shape index (κ1) is 13.9. The van der Waals surface area contributed by atoms with E-state index in [4.69, 9.17) is 0 Å². The molecule has 0 aliphatic heterocycles. The van der Waals surface area contributed by atoms with Crippen LogP contribution >= 0.6 is 11.3 Å². The third-order valence-corrected chi connectivity index (χ3v) is 3.74. The maximum Gasteiger partial charge on any atom is 0.299 e. The number of aromatic nitrogens is 1. The van der Waals surface area contributed by atoms with Crippen molar-refractivity contribution >= 4 is 27.2 Å². The molecule has 0 radical (unpaired) electrons. The highest BCUT2D eigenvalue weighted by molar-refractivity contribution is 7.16. The second-order valence-electron chi connectivity index (χ2n) is 5.02. The molecule has 0 fully saturated rings. The summed E-state index contributed by atoms with van der Waals surface area (Å²) in [6, 6.07) is 3.56. The van der Waals surface area contributed by atoms with Crippen LogP contribution in [-0.2, 0) is 6.42 Å². The van der Waals surface area contributed by atoms with E-state index >= 15 is 0 Å². The van der Waals surface area contributed by atoms with Gasteiger partial charge in [0.2, 0.25) is 0 Å². The third-order valence-electron chi connectivity index (χ3n) is 2.94. The summed E-state index contributed by atoms with van der Waals surface area (Å²) in [5.74, 6) is 0.358. The predicted octanol–water partition coefficient (Wildman–Crippen LogP) is 3.15. The van der Waals surface area contributed by atoms with Crippen molar-refractivity contribution in [3.63, 3.8) is 0 Å². The molecule has 1 atom stereocenters. The lowest BCUT2D eigenvalue weighted by Crippen LogP contribution is -2.14. The SMILES string of the molecule is CC(C)CC(O)Cc1ccc2scnc2c1[N+](=O)[O-]. The molecule has 5 nitrogen and oxygen atoms in total. The summed E-state index contributed by atoms with van der Waals surface area (Å²) < 4.78 is 0.800. The summed E-state index contributed by atoms with van der Waals surface area (Å²) in [5.41, 5.74) is 2.61. The molecule has 1 heterocycles. The highest BCUT2D eigenvalue weighted by atomic mass is 32.1. The Morgan fingerprint density at radius 1 is 1.47 bits per heavy atom. The summed E-state index contributed by atoms with van der Waals surface area (Å²) in [4.78, 5) is 14.9. The van der Waals surface area contributed by atoms with Gasteiger partial charge >= 0.3 is 0 Å². The van der Waals surface area contributed by atoms with Gasteiger partial charge in [-0.1, -0.05) is 19.9 Å². The van der Waals surface area contributed by atoms with Crippen LogP contribution in [0.15, 0.2) is 17.6 Å². The largest absolute Gasteiger partial charge is 0.393 e. The Morgan fingerprint density at radius 3 is 2.84 bits per heavy atom. The van der Waals surface area contributed by atoms with E-state index in [1.807, 2.05) is 19.9 Å². The van der Waals surface area contributed by atoms with Crippen molar-refractivity contribution in [2.45, 2.75) is 32.8 Å². The number of rotatable bonds is 5. The zero-order valence-electron chi connectivity index (χ0n) is 10.9. The number of benzene rings is 1. The van der Waals surface area contributed by atoms with Gasteiger partial charge in [-0.25, -0.2) is 4.98 Å². The third kappa shape index (κ3) is 3.08. The van der Waals surface area contributed by atoms with Crippen LogP contribution in [0.3, 0.4) is 0 Å². The summed E-state index contributed by atoms with van der Waals surface area (Å²) in [6.07, 6.45) is 0.364. The van der Waals surface area contributed by atoms with Crippen LogP contribution in [0.5, 0.6) is 0 Å². The van der Waals surface area contributed by atoms with E-state index in [-0.39, 0.29) is 5.69 Å². The quantitative estimate of drug-likeness (QED) is 0.674. The highest BCUT2D eigenvalue weighted by Gasteiger charge is 2.22. The number of nitro groups is 1. The van der Waals surface area contributed by atoms with E-state index in [1.165, 1.54) is 11.3 Å². The van der Waals surface area contributed by atoms with Crippen LogP contribution in [0.4, 0.5) is 5.69 Å². The summed E-state index contributed by atoms with van der Waals surface area (Å²) in [7, 11) is 0. The Morgan fingerprint density at radius 2 is 2.21 bits per heavy atom. The molecule has 2 aromatic rings. The van der Waals surface area contributed by atoms with Crippen molar-refractivity contribution in [1.82, 2.24) is 4.98 Å². The lowest BCUT2D eigenvalue weighted by molar-refractivity contribution is -0.384. The Bertz CT molecular complexity index is 595. The molecule has 0 saturated heterocycles. The highest BCUT2D eigenvalue weighted by Crippen LogP contribution is 2.31. The smallest absolute Gasteiger partial charge is 0.299 e. The zero-order chi connectivity index (χ0) is 14.0. The molecule has 0 spiro atoms. The van der Waals surface area contributed by atoms with E-state index < -0.39 is 11.0 Å². The molecular weight excluding hydrogens is 264 g/mol. The summed E-state index contributed by atoms with van der Waals surface area (Å²) in [5, 5.41) is 21.2. The number of hydrogen-bond acceptors (Lipinski definition) is 5. The Balaban J connectivity index is 2.36. The Labute approximate surface area is 115 Å². The van der Waals surface area contributed by atoms with E-state index in [9.17, 15) is 15.2 Å². The van der Waals surface area contributed by atoms with Crippen molar-refractivity contribution in [3.8, 4) is 0 Å². The Hall–Kier alpha value is -1.53. The molecule has 6 heteroatoms. The molecule has 1 aromatic carbocycles. The van der Waals surface area contributed by atoms with Gasteiger partial charge in [0.25, 0.3) is 5.69 Å². The first-order valence-electron chi connectivity index (χ1n) is 6.16. The molecular formula is C13H16N2O3S. The minimum Gasteiger partial charge on any atom is -0.393 e. The fraction of sp³-hybridized carbons (Fsp3) is 0.462. The van der Waals surface area contributed by atoms with Gasteiger partial charge in [-0.15, -0.1) is 11.3 Å². The number of aliphatic hydroxyl groups is 1. The first-order valence-corrected chi connectivity index (χ1v) is 7.04. The number of fused-ring (bicyclic) bond motifs is 1. The van der Waals surface area contributed by atoms with Crippen molar-refractivity contribution in [2.75, 3.05) is 0 Å². The van der Waals surface area contributed by atoms with E-state index in [0.717, 1.165) is 4.70 Å². The van der Waals surface area contributed by atoms with E-state index in [2.05, 4.69) is 4.98 Å². The number of hydrogen-bond donors (Lipinski definition) is 1. The van der Waals surface area contributed by atoms with Gasteiger partial charge in [0.05, 0.1) is 21.2 Å². The minimum absolute atomic E-state index is 0.0292.